The van der Waals surface area contributed by atoms with Gasteiger partial charge in [-0.15, -0.1) is 11.3 Å². The number of rotatable bonds is 10. The van der Waals surface area contributed by atoms with E-state index in [0.29, 0.717) is 50.6 Å². The molecular weight excluding hydrogens is 821 g/mol. The molecule has 1 aromatic carbocycles. The predicted molar refractivity (Wildman–Crippen MR) is 243 cm³/mol. The van der Waals surface area contributed by atoms with Crippen molar-refractivity contribution < 1.29 is 33.4 Å². The first-order chi connectivity index (χ1) is 29.9. The Morgan fingerprint density at radius 2 is 1.86 bits per heavy atom. The number of amides is 4. The number of hydrogen-bond donors (Lipinski definition) is 2. The van der Waals surface area contributed by atoms with Crippen LogP contribution < -0.4 is 10.7 Å². The number of aromatic nitrogens is 3. The van der Waals surface area contributed by atoms with Crippen LogP contribution in [-0.2, 0) is 48.0 Å². The van der Waals surface area contributed by atoms with Crippen LogP contribution in [0.25, 0.3) is 33.4 Å². The maximum atomic E-state index is 14.7. The highest BCUT2D eigenvalue weighted by Crippen LogP contribution is 2.42. The van der Waals surface area contributed by atoms with Gasteiger partial charge >= 0.3 is 6.03 Å². The lowest BCUT2D eigenvalue weighted by Crippen LogP contribution is -2.67. The van der Waals surface area contributed by atoms with Gasteiger partial charge in [0.05, 0.1) is 60.2 Å². The highest BCUT2D eigenvalue weighted by molar-refractivity contribution is 7.10. The number of aryl methyl sites for hydroxylation is 1. The Balaban J connectivity index is 1.30. The number of carbonyl (C=O) groups is 4. The Kier molecular flexibility index (Phi) is 13.5. The molecule has 2 saturated heterocycles. The normalized spacial score (nSPS) is 22.2. The van der Waals surface area contributed by atoms with Gasteiger partial charge in [-0.1, -0.05) is 33.8 Å². The molecule has 4 atom stereocenters. The zero-order valence-corrected chi connectivity index (χ0v) is 39.3. The molecule has 2 N–H and O–H groups in total. The summed E-state index contributed by atoms with van der Waals surface area (Å²) in [5.41, 5.74) is 8.05. The smallest absolute Gasteiger partial charge is 0.320 e. The van der Waals surface area contributed by atoms with Gasteiger partial charge < -0.3 is 38.7 Å². The quantitative estimate of drug-likeness (QED) is 0.180. The molecule has 6 bridgehead atoms. The number of hydrogen-bond acceptors (Lipinski definition) is 11. The van der Waals surface area contributed by atoms with E-state index in [1.807, 2.05) is 39.1 Å². The van der Waals surface area contributed by atoms with Crippen molar-refractivity contribution in [2.24, 2.45) is 11.3 Å². The van der Waals surface area contributed by atoms with E-state index in [1.54, 1.807) is 32.3 Å². The van der Waals surface area contributed by atoms with Crippen molar-refractivity contribution in [2.75, 3.05) is 54.2 Å². The summed E-state index contributed by atoms with van der Waals surface area (Å²) in [6, 6.07) is 8.25. The van der Waals surface area contributed by atoms with Crippen LogP contribution in [0.3, 0.4) is 0 Å². The third kappa shape index (κ3) is 9.15. The number of carbonyl (C=O) groups excluding carboxylic acids is 4. The molecule has 16 heteroatoms. The molecule has 4 aromatic rings. The molecule has 15 nitrogen and oxygen atoms in total. The van der Waals surface area contributed by atoms with Crippen LogP contribution in [0.4, 0.5) is 4.79 Å². The van der Waals surface area contributed by atoms with Crippen LogP contribution >= 0.6 is 11.3 Å². The number of likely N-dealkylation sites (N-methyl/N-ethyl adjacent to an activating group) is 2. The fraction of sp³-hybridized carbons (Fsp3) is 0.574. The summed E-state index contributed by atoms with van der Waals surface area (Å²) in [5, 5.41) is 8.22. The average Bonchev–Trinajstić information content (AvgIpc) is 3.85. The summed E-state index contributed by atoms with van der Waals surface area (Å²) >= 11 is 1.42. The third-order valence-electron chi connectivity index (χ3n) is 13.1. The number of hydrazine groups is 1. The number of urea groups is 1. The van der Waals surface area contributed by atoms with E-state index < -0.39 is 40.4 Å². The van der Waals surface area contributed by atoms with Crippen LogP contribution in [0.5, 0.6) is 0 Å². The van der Waals surface area contributed by atoms with Crippen LogP contribution in [0.1, 0.15) is 83.7 Å². The van der Waals surface area contributed by atoms with Crippen molar-refractivity contribution in [2.45, 2.75) is 110 Å². The Bertz CT molecular complexity index is 2340. The monoisotopic (exact) mass is 884 g/mol. The summed E-state index contributed by atoms with van der Waals surface area (Å²) in [5.74, 6) is -1.15. The zero-order chi connectivity index (χ0) is 45.4. The number of pyridine rings is 1. The van der Waals surface area contributed by atoms with E-state index in [1.165, 1.54) is 21.2 Å². The van der Waals surface area contributed by atoms with Gasteiger partial charge in [0.25, 0.3) is 5.91 Å². The fourth-order valence-electron chi connectivity index (χ4n) is 9.27. The summed E-state index contributed by atoms with van der Waals surface area (Å²) in [6.45, 7) is 16.4. The highest BCUT2D eigenvalue weighted by atomic mass is 32.1. The number of nitrogens with zero attached hydrogens (tertiary/aromatic N) is 6. The van der Waals surface area contributed by atoms with Crippen molar-refractivity contribution in [3.05, 3.63) is 58.2 Å². The predicted octanol–water partition coefficient (Wildman–Crippen LogP) is 6.04. The van der Waals surface area contributed by atoms with Gasteiger partial charge in [-0.05, 0) is 81.2 Å². The number of methoxy groups -OCH3 is 1. The molecule has 0 spiro atoms. The summed E-state index contributed by atoms with van der Waals surface area (Å²) in [6.07, 6.45) is 4.16. The van der Waals surface area contributed by atoms with E-state index in [9.17, 15) is 19.2 Å². The third-order valence-corrected chi connectivity index (χ3v) is 13.9. The van der Waals surface area contributed by atoms with Crippen LogP contribution in [0, 0.1) is 11.3 Å². The molecule has 7 rings (SSSR count). The lowest BCUT2D eigenvalue weighted by Gasteiger charge is -2.47. The topological polar surface area (TPSA) is 160 Å². The van der Waals surface area contributed by atoms with Gasteiger partial charge in [-0.3, -0.25) is 19.6 Å². The first-order valence-corrected chi connectivity index (χ1v) is 22.9. The number of aldehydes is 1. The molecule has 63 heavy (non-hydrogen) atoms. The minimum Gasteiger partial charge on any atom is -0.378 e. The van der Waals surface area contributed by atoms with Gasteiger partial charge in [-0.2, -0.15) is 0 Å². The lowest BCUT2D eigenvalue weighted by molar-refractivity contribution is -0.147. The molecule has 0 aliphatic carbocycles. The van der Waals surface area contributed by atoms with E-state index in [0.717, 1.165) is 57.5 Å². The summed E-state index contributed by atoms with van der Waals surface area (Å²) in [4.78, 5) is 68.9. The van der Waals surface area contributed by atoms with Crippen LogP contribution in [0.2, 0.25) is 0 Å². The molecule has 0 saturated carbocycles. The van der Waals surface area contributed by atoms with Crippen molar-refractivity contribution in [1.29, 1.82) is 0 Å². The summed E-state index contributed by atoms with van der Waals surface area (Å²) < 4.78 is 20.1. The van der Waals surface area contributed by atoms with Crippen LogP contribution in [-0.4, -0.2) is 131 Å². The summed E-state index contributed by atoms with van der Waals surface area (Å²) in [7, 11) is 5.03. The van der Waals surface area contributed by atoms with Gasteiger partial charge in [0.2, 0.25) is 5.91 Å². The second-order valence-corrected chi connectivity index (χ2v) is 19.9. The number of benzene rings is 1. The number of fused-ring (bicyclic) bond motifs is 6. The average molecular weight is 885 g/mol. The molecule has 6 heterocycles. The van der Waals surface area contributed by atoms with Gasteiger partial charge in [0.1, 0.15) is 23.9 Å². The lowest BCUT2D eigenvalue weighted by atomic mass is 9.84. The van der Waals surface area contributed by atoms with E-state index in [-0.39, 0.29) is 31.1 Å². The maximum absolute atomic E-state index is 14.7. The molecule has 3 aliphatic rings. The highest BCUT2D eigenvalue weighted by Gasteiger charge is 2.44. The van der Waals surface area contributed by atoms with Crippen molar-refractivity contribution >= 4 is 46.4 Å². The largest absolute Gasteiger partial charge is 0.378 e. The Labute approximate surface area is 374 Å². The SMILES string of the molecule is CCn1c(-c2cccnc2[C@H](C)OC)c2c3cc(ccc31)-c1csc(n1)C[C@H](NC(=O)[C@H](C(C)C)N(C)C(=O)N(C)C1(C)COC1)C(=O)N1CCCC(C=O)(COCC(C)(C)C2)N1. The van der Waals surface area contributed by atoms with E-state index >= 15 is 0 Å². The van der Waals surface area contributed by atoms with Gasteiger partial charge in [0, 0.05) is 74.3 Å². The molecule has 3 aliphatic heterocycles. The Morgan fingerprint density at radius 3 is 2.52 bits per heavy atom. The van der Waals surface area contributed by atoms with Gasteiger partial charge in [-0.25, -0.2) is 15.2 Å². The molecule has 0 radical (unpaired) electrons. The van der Waals surface area contributed by atoms with Gasteiger partial charge in [0.15, 0.2) is 0 Å². The molecule has 2 fully saturated rings. The standard InChI is InChI=1S/C47H64N8O7S/c1-11-54-37-16-15-31-20-33(37)34(41(54)32-14-12-18-48-39(32)30(4)60-10)22-45(5,6)25-61-28-47(24-56)17-13-19-55(51-47)43(58)35(21-38-49-36(31)23-63-38)50-42(57)40(29(2)3)52(8)44(59)53(9)46(7)26-62-27-46/h12,14-16,18,20,23-24,29-30,35,40,51H,11,13,17,19,21-22,25-28H2,1-10H3,(H,50,57)/t30-,35-,40-,47?/m0/s1. The van der Waals surface area contributed by atoms with Crippen molar-refractivity contribution in [3.8, 4) is 22.5 Å². The second kappa shape index (κ2) is 18.4. The maximum Gasteiger partial charge on any atom is 0.320 e. The second-order valence-electron chi connectivity index (χ2n) is 19.0. The minimum absolute atomic E-state index is 0.0439. The number of ether oxygens (including phenoxy) is 3. The Hall–Kier alpha value is -4.74. The minimum atomic E-state index is -1.17. The Morgan fingerprint density at radius 1 is 1.11 bits per heavy atom. The van der Waals surface area contributed by atoms with Crippen LogP contribution in [0.15, 0.2) is 41.9 Å². The number of thiazole rings is 1. The van der Waals surface area contributed by atoms with Crippen molar-refractivity contribution in [3.63, 3.8) is 0 Å². The molecule has 1 unspecified atom stereocenters. The van der Waals surface area contributed by atoms with E-state index in [4.69, 9.17) is 24.2 Å². The number of nitrogens with one attached hydrogen (secondary N) is 2. The van der Waals surface area contributed by atoms with Crippen molar-refractivity contribution in [1.82, 2.24) is 40.1 Å². The molecular formula is C47H64N8O7S. The van der Waals surface area contributed by atoms with E-state index in [2.05, 4.69) is 60.3 Å². The molecule has 3 aromatic heterocycles. The molecule has 4 amide bonds. The molecule has 340 valence electrons. The first kappa shape index (κ1) is 46.3. The first-order valence-electron chi connectivity index (χ1n) is 22.1. The zero-order valence-electron chi connectivity index (χ0n) is 38.4. The fourth-order valence-corrected chi connectivity index (χ4v) is 10.1.